The van der Waals surface area contributed by atoms with Crippen LogP contribution in [-0.2, 0) is 0 Å². The number of hydrogen-bond acceptors (Lipinski definition) is 5. The number of amidine groups is 2. The number of furan rings is 1. The highest BCUT2D eigenvalue weighted by Gasteiger charge is 2.27. The second kappa shape index (κ2) is 12.5. The van der Waals surface area contributed by atoms with Crippen molar-refractivity contribution >= 4 is 108 Å². The SMILES string of the molecule is c1ccc2cc3c(cc2c1)c1ccccc1n3-c1cc(C2=NC(c3cccc4c3sc3ccccc34)=NC(c3cccc4ccccc34)N2)c2c(c1)oc1ccccc12. The zero-order valence-corrected chi connectivity index (χ0v) is 32.4. The molecule has 12 aromatic rings. The second-order valence-corrected chi connectivity index (χ2v) is 16.4. The van der Waals surface area contributed by atoms with Crippen LogP contribution in [-0.4, -0.2) is 16.2 Å². The number of hydrogen-bond donors (Lipinski definition) is 1. The largest absolute Gasteiger partial charge is 0.456 e. The lowest BCUT2D eigenvalue weighted by molar-refractivity contribution is 0.668. The van der Waals surface area contributed by atoms with Gasteiger partial charge >= 0.3 is 0 Å². The van der Waals surface area contributed by atoms with E-state index in [4.69, 9.17) is 14.4 Å². The van der Waals surface area contributed by atoms with Crippen molar-refractivity contribution in [3.05, 3.63) is 199 Å². The number of nitrogens with zero attached hydrogens (tertiary/aromatic N) is 3. The molecule has 0 fully saturated rings. The van der Waals surface area contributed by atoms with Crippen molar-refractivity contribution < 1.29 is 4.42 Å². The third-order valence-electron chi connectivity index (χ3n) is 12.0. The van der Waals surface area contributed by atoms with Gasteiger partial charge in [-0.15, -0.1) is 11.3 Å². The highest BCUT2D eigenvalue weighted by Crippen LogP contribution is 2.41. The summed E-state index contributed by atoms with van der Waals surface area (Å²) in [6.07, 6.45) is -0.412. The van der Waals surface area contributed by atoms with E-state index in [0.29, 0.717) is 5.84 Å². The van der Waals surface area contributed by atoms with Gasteiger partial charge in [0.15, 0.2) is 5.84 Å². The summed E-state index contributed by atoms with van der Waals surface area (Å²) in [5, 5.41) is 15.6. The van der Waals surface area contributed by atoms with Gasteiger partial charge in [0.1, 0.15) is 23.2 Å². The molecule has 0 saturated heterocycles. The molecule has 6 heteroatoms. The summed E-state index contributed by atoms with van der Waals surface area (Å²) in [5.41, 5.74) is 7.96. The Hall–Kier alpha value is -7.54. The molecule has 0 spiro atoms. The average molecular weight is 773 g/mol. The molecule has 0 saturated carbocycles. The molecule has 1 N–H and O–H groups in total. The van der Waals surface area contributed by atoms with Crippen LogP contribution < -0.4 is 5.32 Å². The summed E-state index contributed by atoms with van der Waals surface area (Å²) in [6.45, 7) is 0. The lowest BCUT2D eigenvalue weighted by Crippen LogP contribution is -2.34. The van der Waals surface area contributed by atoms with Crippen LogP contribution in [0.15, 0.2) is 196 Å². The van der Waals surface area contributed by atoms with E-state index in [9.17, 15) is 0 Å². The number of para-hydroxylation sites is 2. The van der Waals surface area contributed by atoms with Crippen LogP contribution in [0, 0.1) is 0 Å². The van der Waals surface area contributed by atoms with E-state index in [-0.39, 0.29) is 0 Å². The van der Waals surface area contributed by atoms with E-state index in [1.54, 1.807) is 11.3 Å². The van der Waals surface area contributed by atoms with E-state index in [1.807, 2.05) is 6.07 Å². The van der Waals surface area contributed by atoms with Crippen LogP contribution in [0.5, 0.6) is 0 Å². The minimum absolute atomic E-state index is 0.412. The Morgan fingerprint density at radius 3 is 2.10 bits per heavy atom. The number of fused-ring (bicyclic) bond motifs is 11. The molecule has 3 aromatic heterocycles. The van der Waals surface area contributed by atoms with Crippen LogP contribution in [0.25, 0.3) is 91.1 Å². The van der Waals surface area contributed by atoms with E-state index >= 15 is 0 Å². The molecule has 0 amide bonds. The number of thiophene rings is 1. The molecule has 59 heavy (non-hydrogen) atoms. The molecule has 1 atom stereocenters. The number of aliphatic imine (C=N–C) groups is 2. The normalized spacial score (nSPS) is 14.6. The first-order chi connectivity index (χ1) is 29.2. The van der Waals surface area contributed by atoms with Crippen LogP contribution in [0.2, 0.25) is 0 Å². The van der Waals surface area contributed by atoms with E-state index in [1.165, 1.54) is 47.1 Å². The maximum absolute atomic E-state index is 6.76. The number of benzene rings is 9. The summed E-state index contributed by atoms with van der Waals surface area (Å²) in [6, 6.07) is 64.9. The molecular formula is C53H32N4OS. The van der Waals surface area contributed by atoms with Crippen molar-refractivity contribution in [3.63, 3.8) is 0 Å². The molecule has 0 bridgehead atoms. The second-order valence-electron chi connectivity index (χ2n) is 15.3. The first-order valence-corrected chi connectivity index (χ1v) is 20.7. The summed E-state index contributed by atoms with van der Waals surface area (Å²) < 4.78 is 11.6. The fraction of sp³-hybridized carbons (Fsp3) is 0.0189. The molecule has 276 valence electrons. The van der Waals surface area contributed by atoms with E-state index < -0.39 is 6.17 Å². The highest BCUT2D eigenvalue weighted by molar-refractivity contribution is 7.26. The van der Waals surface area contributed by atoms with Crippen molar-refractivity contribution in [1.82, 2.24) is 9.88 Å². The Bertz CT molecular complexity index is 3780. The van der Waals surface area contributed by atoms with E-state index in [0.717, 1.165) is 66.6 Å². The number of nitrogens with one attached hydrogen (secondary N) is 1. The van der Waals surface area contributed by atoms with Crippen molar-refractivity contribution in [3.8, 4) is 5.69 Å². The maximum atomic E-state index is 6.76. The third kappa shape index (κ3) is 4.90. The molecule has 0 aliphatic carbocycles. The van der Waals surface area contributed by atoms with Crippen molar-refractivity contribution in [2.24, 2.45) is 9.98 Å². The summed E-state index contributed by atoms with van der Waals surface area (Å²) in [5.74, 6) is 1.44. The Labute approximate surface area is 341 Å². The van der Waals surface area contributed by atoms with Crippen LogP contribution in [0.4, 0.5) is 0 Å². The predicted octanol–water partition coefficient (Wildman–Crippen LogP) is 13.9. The minimum atomic E-state index is -0.412. The Balaban J connectivity index is 1.11. The molecule has 9 aromatic carbocycles. The number of aromatic nitrogens is 1. The molecule has 0 radical (unpaired) electrons. The van der Waals surface area contributed by atoms with Gasteiger partial charge in [0, 0.05) is 64.5 Å². The molecule has 1 unspecified atom stereocenters. The fourth-order valence-electron chi connectivity index (χ4n) is 9.37. The van der Waals surface area contributed by atoms with Gasteiger partial charge in [0.25, 0.3) is 0 Å². The summed E-state index contributed by atoms with van der Waals surface area (Å²) in [4.78, 5) is 11.0. The Morgan fingerprint density at radius 2 is 1.20 bits per heavy atom. The molecule has 1 aliphatic heterocycles. The van der Waals surface area contributed by atoms with Gasteiger partial charge < -0.3 is 14.3 Å². The monoisotopic (exact) mass is 772 g/mol. The van der Waals surface area contributed by atoms with Crippen molar-refractivity contribution in [1.29, 1.82) is 0 Å². The van der Waals surface area contributed by atoms with Crippen molar-refractivity contribution in [2.45, 2.75) is 6.17 Å². The first kappa shape index (κ1) is 32.5. The average Bonchev–Trinajstić information content (AvgIpc) is 3.97. The van der Waals surface area contributed by atoms with Gasteiger partial charge in [-0.2, -0.15) is 0 Å². The summed E-state index contributed by atoms with van der Waals surface area (Å²) in [7, 11) is 0. The fourth-order valence-corrected chi connectivity index (χ4v) is 10.6. The van der Waals surface area contributed by atoms with Gasteiger partial charge in [-0.3, -0.25) is 0 Å². The van der Waals surface area contributed by atoms with Gasteiger partial charge in [0.05, 0.1) is 16.7 Å². The minimum Gasteiger partial charge on any atom is -0.456 e. The molecule has 13 rings (SSSR count). The van der Waals surface area contributed by atoms with Crippen LogP contribution in [0.3, 0.4) is 0 Å². The zero-order chi connectivity index (χ0) is 38.6. The lowest BCUT2D eigenvalue weighted by atomic mass is 10.00. The van der Waals surface area contributed by atoms with Gasteiger partial charge in [-0.25, -0.2) is 9.98 Å². The van der Waals surface area contributed by atoms with Gasteiger partial charge in [-0.05, 0) is 64.0 Å². The van der Waals surface area contributed by atoms with Gasteiger partial charge in [0.2, 0.25) is 0 Å². The maximum Gasteiger partial charge on any atom is 0.160 e. The molecule has 4 heterocycles. The third-order valence-corrected chi connectivity index (χ3v) is 13.2. The highest BCUT2D eigenvalue weighted by atomic mass is 32.1. The Morgan fingerprint density at radius 1 is 0.508 bits per heavy atom. The number of rotatable bonds is 4. The first-order valence-electron chi connectivity index (χ1n) is 19.9. The molecular weight excluding hydrogens is 741 g/mol. The molecule has 1 aliphatic rings. The van der Waals surface area contributed by atoms with E-state index in [2.05, 4.69) is 186 Å². The predicted molar refractivity (Wildman–Crippen MR) is 248 cm³/mol. The Kier molecular flexibility index (Phi) is 6.88. The van der Waals surface area contributed by atoms with Crippen LogP contribution >= 0.6 is 11.3 Å². The quantitative estimate of drug-likeness (QED) is 0.194. The van der Waals surface area contributed by atoms with Gasteiger partial charge in [-0.1, -0.05) is 133 Å². The topological polar surface area (TPSA) is 54.8 Å². The van der Waals surface area contributed by atoms with Crippen LogP contribution in [0.1, 0.15) is 22.9 Å². The molecule has 5 nitrogen and oxygen atoms in total. The summed E-state index contributed by atoms with van der Waals surface area (Å²) >= 11 is 1.80. The lowest BCUT2D eigenvalue weighted by Gasteiger charge is -2.25. The zero-order valence-electron chi connectivity index (χ0n) is 31.6. The standard InChI is InChI=1S/C53H32N4OS/c1-2-15-33-28-45-42(27-32(33)14-1)36-18-5-8-24-44(36)57(45)34-29-43(49-40-20-6-9-25-46(40)58-47(49)30-34)53-55-51(39-22-11-16-31-13-3-4-17-35(31)39)54-52(56-53)41-23-12-21-38-37-19-7-10-26-48(37)59-50(38)41/h1-30,51H,(H,54,55,56). The van der Waals surface area contributed by atoms with Crippen molar-refractivity contribution in [2.75, 3.05) is 0 Å². The smallest absolute Gasteiger partial charge is 0.160 e.